The summed E-state index contributed by atoms with van der Waals surface area (Å²) in [5.74, 6) is 0. The summed E-state index contributed by atoms with van der Waals surface area (Å²) < 4.78 is 5.62. The largest absolute Gasteiger partial charge is 0.358 e. The van der Waals surface area contributed by atoms with E-state index in [-0.39, 0.29) is 6.23 Å². The van der Waals surface area contributed by atoms with Crippen molar-refractivity contribution in [1.82, 2.24) is 4.90 Å². The van der Waals surface area contributed by atoms with Crippen LogP contribution in [0.3, 0.4) is 0 Å². The predicted octanol–water partition coefficient (Wildman–Crippen LogP) is 1.96. The van der Waals surface area contributed by atoms with Crippen LogP contribution in [0, 0.1) is 6.92 Å². The summed E-state index contributed by atoms with van der Waals surface area (Å²) in [6.07, 6.45) is 0.167. The highest BCUT2D eigenvalue weighted by Gasteiger charge is 2.22. The van der Waals surface area contributed by atoms with Gasteiger partial charge in [-0.15, -0.1) is 0 Å². The third-order valence-corrected chi connectivity index (χ3v) is 2.48. The predicted molar refractivity (Wildman–Crippen MR) is 52.5 cm³/mol. The van der Waals surface area contributed by atoms with Crippen LogP contribution >= 0.6 is 0 Å². The number of ether oxygens (including phenoxy) is 1. The van der Waals surface area contributed by atoms with E-state index in [4.69, 9.17) is 4.74 Å². The van der Waals surface area contributed by atoms with Crippen LogP contribution in [0.4, 0.5) is 0 Å². The molecule has 2 heteroatoms. The second-order valence-corrected chi connectivity index (χ2v) is 3.61. The van der Waals surface area contributed by atoms with Crippen molar-refractivity contribution in [1.29, 1.82) is 0 Å². The quantitative estimate of drug-likeness (QED) is 0.650. The molecule has 1 saturated heterocycles. The van der Waals surface area contributed by atoms with Crippen LogP contribution in [0.2, 0.25) is 0 Å². The Bertz CT molecular complexity index is 281. The number of aryl methyl sites for hydroxylation is 1. The lowest BCUT2D eigenvalue weighted by atomic mass is 10.1. The Morgan fingerprint density at radius 3 is 2.54 bits per heavy atom. The molecular weight excluding hydrogens is 162 g/mol. The van der Waals surface area contributed by atoms with E-state index in [1.54, 1.807) is 0 Å². The van der Waals surface area contributed by atoms with E-state index in [1.807, 2.05) is 0 Å². The van der Waals surface area contributed by atoms with Gasteiger partial charge >= 0.3 is 0 Å². The van der Waals surface area contributed by atoms with E-state index in [0.717, 1.165) is 13.2 Å². The third kappa shape index (κ3) is 1.74. The molecule has 0 spiro atoms. The molecule has 1 aromatic rings. The molecular formula is C11H15NO. The summed E-state index contributed by atoms with van der Waals surface area (Å²) in [7, 11) is 2.09. The molecule has 1 aliphatic heterocycles. The molecule has 0 unspecified atom stereocenters. The lowest BCUT2D eigenvalue weighted by molar-refractivity contribution is 0.0454. The summed E-state index contributed by atoms with van der Waals surface area (Å²) in [5, 5.41) is 0. The average Bonchev–Trinajstić information content (AvgIpc) is 2.53. The van der Waals surface area contributed by atoms with Gasteiger partial charge in [-0.1, -0.05) is 29.8 Å². The molecule has 1 heterocycles. The average molecular weight is 177 g/mol. The van der Waals surface area contributed by atoms with E-state index in [1.165, 1.54) is 11.1 Å². The third-order valence-electron chi connectivity index (χ3n) is 2.48. The Morgan fingerprint density at radius 2 is 2.00 bits per heavy atom. The first-order valence-corrected chi connectivity index (χ1v) is 4.66. The number of rotatable bonds is 1. The fourth-order valence-electron chi connectivity index (χ4n) is 1.63. The number of hydrogen-bond acceptors (Lipinski definition) is 2. The zero-order chi connectivity index (χ0) is 9.26. The zero-order valence-corrected chi connectivity index (χ0v) is 8.16. The molecule has 0 aromatic heterocycles. The van der Waals surface area contributed by atoms with Crippen LogP contribution < -0.4 is 0 Å². The van der Waals surface area contributed by atoms with E-state index in [9.17, 15) is 0 Å². The minimum Gasteiger partial charge on any atom is -0.358 e. The fraction of sp³-hybridized carbons (Fsp3) is 0.455. The van der Waals surface area contributed by atoms with Crippen LogP contribution in [0.15, 0.2) is 24.3 Å². The molecule has 1 fully saturated rings. The Hall–Kier alpha value is -0.860. The van der Waals surface area contributed by atoms with Crippen LogP contribution in [0.1, 0.15) is 17.4 Å². The van der Waals surface area contributed by atoms with Crippen molar-refractivity contribution in [3.63, 3.8) is 0 Å². The van der Waals surface area contributed by atoms with Gasteiger partial charge in [-0.05, 0) is 19.5 Å². The van der Waals surface area contributed by atoms with Gasteiger partial charge in [0.25, 0.3) is 0 Å². The molecule has 1 aromatic carbocycles. The minimum atomic E-state index is 0.167. The summed E-state index contributed by atoms with van der Waals surface area (Å²) in [6.45, 7) is 3.97. The normalized spacial score (nSPS) is 23.7. The first-order chi connectivity index (χ1) is 6.27. The van der Waals surface area contributed by atoms with Crippen molar-refractivity contribution in [2.75, 3.05) is 20.2 Å². The molecule has 1 atom stereocenters. The Balaban J connectivity index is 2.20. The molecule has 0 bridgehead atoms. The minimum absolute atomic E-state index is 0.167. The molecule has 2 rings (SSSR count). The number of hydrogen-bond donors (Lipinski definition) is 0. The summed E-state index contributed by atoms with van der Waals surface area (Å²) in [6, 6.07) is 8.54. The van der Waals surface area contributed by atoms with Gasteiger partial charge < -0.3 is 4.74 Å². The first kappa shape index (κ1) is 8.73. The zero-order valence-electron chi connectivity index (χ0n) is 8.16. The standard InChI is InChI=1S/C11H15NO/c1-9-3-5-10(6-4-9)11-12(2)7-8-13-11/h3-6,11H,7-8H2,1-2H3/t11-/m1/s1. The van der Waals surface area contributed by atoms with Crippen molar-refractivity contribution >= 4 is 0 Å². The van der Waals surface area contributed by atoms with Gasteiger partial charge in [0.05, 0.1) is 6.61 Å². The van der Waals surface area contributed by atoms with Gasteiger partial charge in [-0.3, -0.25) is 4.90 Å². The maximum atomic E-state index is 5.62. The van der Waals surface area contributed by atoms with Crippen LogP contribution in [0.25, 0.3) is 0 Å². The topological polar surface area (TPSA) is 12.5 Å². The Morgan fingerprint density at radius 1 is 1.31 bits per heavy atom. The molecule has 0 N–H and O–H groups in total. The van der Waals surface area contributed by atoms with Gasteiger partial charge in [0.15, 0.2) is 0 Å². The maximum Gasteiger partial charge on any atom is 0.136 e. The van der Waals surface area contributed by atoms with Gasteiger partial charge in [0.1, 0.15) is 6.23 Å². The highest BCUT2D eigenvalue weighted by atomic mass is 16.5. The van der Waals surface area contributed by atoms with Gasteiger partial charge in [-0.25, -0.2) is 0 Å². The lowest BCUT2D eigenvalue weighted by Crippen LogP contribution is -2.18. The Kier molecular flexibility index (Phi) is 2.34. The second kappa shape index (κ2) is 3.48. The molecule has 0 radical (unpaired) electrons. The van der Waals surface area contributed by atoms with Gasteiger partial charge in [-0.2, -0.15) is 0 Å². The highest BCUT2D eigenvalue weighted by molar-refractivity contribution is 5.23. The SMILES string of the molecule is Cc1ccc([C@H]2OCCN2C)cc1. The van der Waals surface area contributed by atoms with Crippen LogP contribution in [-0.2, 0) is 4.74 Å². The van der Waals surface area contributed by atoms with Crippen molar-refractivity contribution in [2.45, 2.75) is 13.2 Å². The molecule has 70 valence electrons. The lowest BCUT2D eigenvalue weighted by Gasteiger charge is -2.18. The molecule has 2 nitrogen and oxygen atoms in total. The monoisotopic (exact) mass is 177 g/mol. The molecule has 1 aliphatic rings. The van der Waals surface area contributed by atoms with Crippen LogP contribution in [-0.4, -0.2) is 25.1 Å². The Labute approximate surface area is 79.1 Å². The van der Waals surface area contributed by atoms with E-state index in [0.29, 0.717) is 0 Å². The maximum absolute atomic E-state index is 5.62. The molecule has 0 amide bonds. The number of benzene rings is 1. The highest BCUT2D eigenvalue weighted by Crippen LogP contribution is 2.24. The van der Waals surface area contributed by atoms with Crippen molar-refractivity contribution in [3.8, 4) is 0 Å². The second-order valence-electron chi connectivity index (χ2n) is 3.61. The first-order valence-electron chi connectivity index (χ1n) is 4.66. The number of likely N-dealkylation sites (N-methyl/N-ethyl adjacent to an activating group) is 1. The molecule has 13 heavy (non-hydrogen) atoms. The summed E-state index contributed by atoms with van der Waals surface area (Å²) >= 11 is 0. The van der Waals surface area contributed by atoms with Crippen molar-refractivity contribution < 1.29 is 4.74 Å². The van der Waals surface area contributed by atoms with Crippen molar-refractivity contribution in [2.24, 2.45) is 0 Å². The summed E-state index contributed by atoms with van der Waals surface area (Å²) in [5.41, 5.74) is 2.55. The smallest absolute Gasteiger partial charge is 0.136 e. The summed E-state index contributed by atoms with van der Waals surface area (Å²) in [4.78, 5) is 2.23. The molecule has 0 aliphatic carbocycles. The van der Waals surface area contributed by atoms with E-state index >= 15 is 0 Å². The van der Waals surface area contributed by atoms with E-state index in [2.05, 4.69) is 43.1 Å². The molecule has 0 saturated carbocycles. The number of nitrogens with zero attached hydrogens (tertiary/aromatic N) is 1. The van der Waals surface area contributed by atoms with Gasteiger partial charge in [0, 0.05) is 6.54 Å². The fourth-order valence-corrected chi connectivity index (χ4v) is 1.63. The van der Waals surface area contributed by atoms with E-state index < -0.39 is 0 Å². The van der Waals surface area contributed by atoms with Crippen LogP contribution in [0.5, 0.6) is 0 Å². The van der Waals surface area contributed by atoms with Crippen molar-refractivity contribution in [3.05, 3.63) is 35.4 Å². The van der Waals surface area contributed by atoms with Gasteiger partial charge in [0.2, 0.25) is 0 Å².